The Labute approximate surface area is 155 Å². The fraction of sp³-hybridized carbons (Fsp3) is 0.214. The van der Waals surface area contributed by atoms with Crippen molar-refractivity contribution in [2.45, 2.75) is 17.5 Å². The third-order valence-corrected chi connectivity index (χ3v) is 4.58. The first-order valence-electron chi connectivity index (χ1n) is 7.24. The average molecular weight is 416 g/mol. The summed E-state index contributed by atoms with van der Waals surface area (Å²) in [5.41, 5.74) is 0.532. The van der Waals surface area contributed by atoms with E-state index in [0.717, 1.165) is 6.26 Å². The molecule has 27 heavy (non-hydrogen) atoms. The number of ether oxygens (including phenoxy) is 1. The minimum atomic E-state index is -3.76. The van der Waals surface area contributed by atoms with Gasteiger partial charge in [0.25, 0.3) is 0 Å². The van der Waals surface area contributed by atoms with Crippen molar-refractivity contribution in [1.29, 1.82) is 0 Å². The first-order chi connectivity index (χ1) is 12.4. The van der Waals surface area contributed by atoms with Crippen LogP contribution in [-0.2, 0) is 32.2 Å². The summed E-state index contributed by atoms with van der Waals surface area (Å²) in [6.07, 6.45) is -0.398. The van der Waals surface area contributed by atoms with Gasteiger partial charge >= 0.3 is 6.09 Å². The molecule has 0 aliphatic heterocycles. The number of hydrogen-bond acceptors (Lipinski definition) is 8. The van der Waals surface area contributed by atoms with E-state index in [9.17, 15) is 21.6 Å². The van der Waals surface area contributed by atoms with Gasteiger partial charge < -0.3 is 15.2 Å². The second-order valence-electron chi connectivity index (χ2n) is 5.46. The number of primary sulfonamides is 1. The third-order valence-electron chi connectivity index (χ3n) is 3.00. The minimum absolute atomic E-state index is 0.0914. The number of sulfonamides is 1. The molecule has 0 radical (unpaired) electrons. The van der Waals surface area contributed by atoms with Crippen molar-refractivity contribution < 1.29 is 31.5 Å². The molecule has 0 bridgehead atoms. The summed E-state index contributed by atoms with van der Waals surface area (Å²) < 4.78 is 51.1. The molecule has 0 aliphatic rings. The number of nitrogens with two attached hydrogens (primary N) is 1. The number of nitrogens with zero attached hydrogens (tertiary/aromatic N) is 2. The van der Waals surface area contributed by atoms with E-state index in [2.05, 4.69) is 15.3 Å². The quantitative estimate of drug-likeness (QED) is 0.532. The SMILES string of the molecule is CS(=O)(=O)c1nc(CNC(=O)O)cc(Oc2ccc(CS(N)(=O)=O)cc2)n1. The van der Waals surface area contributed by atoms with Crippen LogP contribution in [0.3, 0.4) is 0 Å². The summed E-state index contributed by atoms with van der Waals surface area (Å²) >= 11 is 0. The van der Waals surface area contributed by atoms with Crippen LogP contribution in [0.2, 0.25) is 0 Å². The normalized spacial score (nSPS) is 11.8. The van der Waals surface area contributed by atoms with E-state index < -0.39 is 31.1 Å². The smallest absolute Gasteiger partial charge is 0.404 e. The molecule has 2 aromatic rings. The summed E-state index contributed by atoms with van der Waals surface area (Å²) in [5, 5.41) is 15.2. The van der Waals surface area contributed by atoms with E-state index in [1.54, 1.807) is 0 Å². The fourth-order valence-corrected chi connectivity index (χ4v) is 3.13. The van der Waals surface area contributed by atoms with E-state index in [1.165, 1.54) is 30.3 Å². The number of sulfone groups is 1. The highest BCUT2D eigenvalue weighted by Crippen LogP contribution is 2.22. The summed E-state index contributed by atoms with van der Waals surface area (Å²) in [5.74, 6) is -0.209. The number of rotatable bonds is 7. The van der Waals surface area contributed by atoms with Crippen LogP contribution in [0.25, 0.3) is 0 Å². The molecule has 1 aromatic carbocycles. The Morgan fingerprint density at radius 1 is 1.19 bits per heavy atom. The van der Waals surface area contributed by atoms with Crippen LogP contribution in [0, 0.1) is 0 Å². The molecular weight excluding hydrogens is 400 g/mol. The van der Waals surface area contributed by atoms with E-state index in [-0.39, 0.29) is 29.6 Å². The molecule has 0 aliphatic carbocycles. The highest BCUT2D eigenvalue weighted by Gasteiger charge is 2.16. The zero-order valence-electron chi connectivity index (χ0n) is 14.0. The molecule has 1 amide bonds. The lowest BCUT2D eigenvalue weighted by molar-refractivity contribution is 0.193. The molecule has 0 atom stereocenters. The molecule has 0 saturated carbocycles. The van der Waals surface area contributed by atoms with Crippen molar-refractivity contribution in [1.82, 2.24) is 15.3 Å². The number of aromatic nitrogens is 2. The van der Waals surface area contributed by atoms with Crippen LogP contribution in [0.1, 0.15) is 11.3 Å². The Morgan fingerprint density at radius 3 is 2.33 bits per heavy atom. The van der Waals surface area contributed by atoms with Gasteiger partial charge in [-0.3, -0.25) is 0 Å². The summed E-state index contributed by atoms with van der Waals surface area (Å²) in [6.45, 7) is -0.246. The highest BCUT2D eigenvalue weighted by molar-refractivity contribution is 7.90. The van der Waals surface area contributed by atoms with Crippen LogP contribution in [0.15, 0.2) is 35.5 Å². The summed E-state index contributed by atoms with van der Waals surface area (Å²) in [7, 11) is -7.44. The molecule has 13 heteroatoms. The van der Waals surface area contributed by atoms with Gasteiger partial charge in [0.1, 0.15) is 5.75 Å². The van der Waals surface area contributed by atoms with Crippen molar-refractivity contribution in [2.24, 2.45) is 5.14 Å². The number of hydrogen-bond donors (Lipinski definition) is 3. The predicted molar refractivity (Wildman–Crippen MR) is 93.3 cm³/mol. The topological polar surface area (TPSA) is 179 Å². The Balaban J connectivity index is 2.28. The van der Waals surface area contributed by atoms with Crippen molar-refractivity contribution in [3.05, 3.63) is 41.6 Å². The molecule has 2 rings (SSSR count). The largest absolute Gasteiger partial charge is 0.465 e. The van der Waals surface area contributed by atoms with E-state index in [1.807, 2.05) is 0 Å². The van der Waals surface area contributed by atoms with Gasteiger partial charge in [0.2, 0.25) is 30.9 Å². The molecule has 11 nitrogen and oxygen atoms in total. The summed E-state index contributed by atoms with van der Waals surface area (Å²) in [4.78, 5) is 18.2. The maximum Gasteiger partial charge on any atom is 0.404 e. The number of carboxylic acid groups (broad SMARTS) is 1. The molecule has 1 aromatic heterocycles. The van der Waals surface area contributed by atoms with E-state index >= 15 is 0 Å². The molecule has 1 heterocycles. The molecule has 0 saturated heterocycles. The molecule has 0 spiro atoms. The average Bonchev–Trinajstić information content (AvgIpc) is 2.52. The Kier molecular flexibility index (Phi) is 5.98. The summed E-state index contributed by atoms with van der Waals surface area (Å²) in [6, 6.07) is 7.15. The predicted octanol–water partition coefficient (Wildman–Crippen LogP) is 0.229. The zero-order chi connectivity index (χ0) is 20.2. The molecule has 0 fully saturated rings. The van der Waals surface area contributed by atoms with Gasteiger partial charge in [-0.1, -0.05) is 12.1 Å². The lowest BCUT2D eigenvalue weighted by Crippen LogP contribution is -2.21. The van der Waals surface area contributed by atoms with Crippen molar-refractivity contribution >= 4 is 26.0 Å². The first-order valence-corrected chi connectivity index (χ1v) is 10.9. The molecule has 4 N–H and O–H groups in total. The zero-order valence-corrected chi connectivity index (χ0v) is 15.6. The van der Waals surface area contributed by atoms with Gasteiger partial charge in [-0.15, -0.1) is 0 Å². The van der Waals surface area contributed by atoms with Gasteiger partial charge in [-0.2, -0.15) is 4.98 Å². The standard InChI is InChI=1S/C14H16N4O7S2/c1-26(21,22)13-17-10(7-16-14(19)20)6-12(18-13)25-11-4-2-9(3-5-11)8-27(15,23)24/h2-6,16H,7-8H2,1H3,(H,19,20)(H2,15,23,24). The van der Waals surface area contributed by atoms with Gasteiger partial charge in [0.15, 0.2) is 0 Å². The fourth-order valence-electron chi connectivity index (χ4n) is 1.93. The van der Waals surface area contributed by atoms with Crippen LogP contribution in [0.4, 0.5) is 4.79 Å². The number of carbonyl (C=O) groups is 1. The van der Waals surface area contributed by atoms with Gasteiger partial charge in [-0.25, -0.2) is 31.8 Å². The second-order valence-corrected chi connectivity index (χ2v) is 8.99. The van der Waals surface area contributed by atoms with Crippen LogP contribution in [0.5, 0.6) is 11.6 Å². The van der Waals surface area contributed by atoms with Crippen LogP contribution < -0.4 is 15.2 Å². The highest BCUT2D eigenvalue weighted by atomic mass is 32.2. The van der Waals surface area contributed by atoms with Crippen molar-refractivity contribution in [3.8, 4) is 11.6 Å². The maximum atomic E-state index is 11.7. The Bertz CT molecular complexity index is 1050. The van der Waals surface area contributed by atoms with Crippen molar-refractivity contribution in [2.75, 3.05) is 6.26 Å². The van der Waals surface area contributed by atoms with E-state index in [4.69, 9.17) is 15.0 Å². The Hall–Kier alpha value is -2.77. The van der Waals surface area contributed by atoms with Gasteiger partial charge in [0, 0.05) is 12.3 Å². The first kappa shape index (κ1) is 20.5. The van der Waals surface area contributed by atoms with Gasteiger partial charge in [-0.05, 0) is 17.7 Å². The lowest BCUT2D eigenvalue weighted by atomic mass is 10.2. The van der Waals surface area contributed by atoms with Crippen LogP contribution in [-0.4, -0.2) is 44.3 Å². The van der Waals surface area contributed by atoms with E-state index in [0.29, 0.717) is 5.56 Å². The molecular formula is C14H16N4O7S2. The van der Waals surface area contributed by atoms with Crippen LogP contribution >= 0.6 is 0 Å². The molecule has 0 unspecified atom stereocenters. The number of amides is 1. The Morgan fingerprint density at radius 2 is 1.81 bits per heavy atom. The van der Waals surface area contributed by atoms with Gasteiger partial charge in [0.05, 0.1) is 18.0 Å². The molecule has 146 valence electrons. The lowest BCUT2D eigenvalue weighted by Gasteiger charge is -2.09. The number of nitrogens with one attached hydrogen (secondary N) is 1. The number of benzene rings is 1. The second kappa shape index (κ2) is 7.85. The maximum absolute atomic E-state index is 11.7. The minimum Gasteiger partial charge on any atom is -0.465 e. The monoisotopic (exact) mass is 416 g/mol. The third kappa shape index (κ3) is 6.80. The van der Waals surface area contributed by atoms with Crippen molar-refractivity contribution in [3.63, 3.8) is 0 Å².